The van der Waals surface area contributed by atoms with Gasteiger partial charge in [0.1, 0.15) is 5.75 Å². The van der Waals surface area contributed by atoms with Crippen molar-refractivity contribution in [1.82, 2.24) is 4.90 Å². The van der Waals surface area contributed by atoms with Gasteiger partial charge in [-0.1, -0.05) is 30.3 Å². The van der Waals surface area contributed by atoms with Crippen molar-refractivity contribution in [2.75, 3.05) is 26.2 Å². The van der Waals surface area contributed by atoms with Crippen LogP contribution in [0.1, 0.15) is 24.3 Å². The van der Waals surface area contributed by atoms with E-state index in [0.29, 0.717) is 0 Å². The number of likely N-dealkylation sites (tertiary alicyclic amines) is 1. The summed E-state index contributed by atoms with van der Waals surface area (Å²) in [6.07, 6.45) is 2.62. The van der Waals surface area contributed by atoms with Crippen LogP contribution in [0.5, 0.6) is 5.75 Å². The Labute approximate surface area is 160 Å². The van der Waals surface area contributed by atoms with E-state index in [4.69, 9.17) is 0 Å². The molecule has 2 aromatic rings. The third kappa shape index (κ3) is 4.08. The lowest BCUT2D eigenvalue weighted by Gasteiger charge is -2.24. The van der Waals surface area contributed by atoms with E-state index in [2.05, 4.69) is 35.2 Å². The van der Waals surface area contributed by atoms with Crippen molar-refractivity contribution in [1.29, 1.82) is 0 Å². The SMILES string of the molecule is OCC(CN1C[C@H]2CC(Sc3ccccc3)C[C@H]2C1)c1ccc(O)cc1. The van der Waals surface area contributed by atoms with Crippen LogP contribution in [0.2, 0.25) is 0 Å². The molecule has 1 saturated heterocycles. The topological polar surface area (TPSA) is 43.7 Å². The zero-order chi connectivity index (χ0) is 17.9. The van der Waals surface area contributed by atoms with E-state index in [1.807, 2.05) is 23.9 Å². The third-order valence-electron chi connectivity index (χ3n) is 5.89. The molecule has 0 aromatic heterocycles. The molecule has 138 valence electrons. The van der Waals surface area contributed by atoms with E-state index in [0.717, 1.165) is 42.3 Å². The molecule has 1 saturated carbocycles. The van der Waals surface area contributed by atoms with E-state index >= 15 is 0 Å². The fraction of sp³-hybridized carbons (Fsp3) is 0.455. The van der Waals surface area contributed by atoms with Crippen LogP contribution in [0.4, 0.5) is 0 Å². The number of thioether (sulfide) groups is 1. The summed E-state index contributed by atoms with van der Waals surface area (Å²) in [4.78, 5) is 3.92. The van der Waals surface area contributed by atoms with Gasteiger partial charge >= 0.3 is 0 Å². The number of aliphatic hydroxyl groups is 1. The number of benzene rings is 2. The van der Waals surface area contributed by atoms with Gasteiger partial charge in [0.25, 0.3) is 0 Å². The summed E-state index contributed by atoms with van der Waals surface area (Å²) in [5, 5.41) is 20.0. The first-order chi connectivity index (χ1) is 12.7. The molecule has 4 rings (SSSR count). The van der Waals surface area contributed by atoms with E-state index in [9.17, 15) is 10.2 Å². The molecular weight excluding hydrogens is 342 g/mol. The van der Waals surface area contributed by atoms with Gasteiger partial charge in [-0.3, -0.25) is 0 Å². The standard InChI is InChI=1S/C22H27NO2S/c24-15-19(16-6-8-20(25)9-7-16)14-23-12-17-10-22(11-18(17)13-23)26-21-4-2-1-3-5-21/h1-9,17-19,22,24-25H,10-15H2/t17-,18+,19?,22?. The summed E-state index contributed by atoms with van der Waals surface area (Å²) >= 11 is 2.04. The van der Waals surface area contributed by atoms with Crippen molar-refractivity contribution in [3.05, 3.63) is 60.2 Å². The summed E-state index contributed by atoms with van der Waals surface area (Å²) in [5.41, 5.74) is 1.11. The van der Waals surface area contributed by atoms with Crippen molar-refractivity contribution < 1.29 is 10.2 Å². The van der Waals surface area contributed by atoms with Crippen molar-refractivity contribution in [2.24, 2.45) is 11.8 Å². The first-order valence-electron chi connectivity index (χ1n) is 9.55. The highest BCUT2D eigenvalue weighted by Gasteiger charge is 2.41. The third-order valence-corrected chi connectivity index (χ3v) is 7.16. The van der Waals surface area contributed by atoms with Crippen LogP contribution in [0.25, 0.3) is 0 Å². The monoisotopic (exact) mass is 369 g/mol. The Morgan fingerprint density at radius 3 is 2.23 bits per heavy atom. The van der Waals surface area contributed by atoms with Gasteiger partial charge in [0.05, 0.1) is 6.61 Å². The molecule has 0 radical (unpaired) electrons. The molecule has 2 aromatic carbocycles. The molecule has 26 heavy (non-hydrogen) atoms. The molecule has 2 N–H and O–H groups in total. The van der Waals surface area contributed by atoms with E-state index < -0.39 is 0 Å². The molecule has 1 aliphatic heterocycles. The van der Waals surface area contributed by atoms with Crippen LogP contribution in [0.15, 0.2) is 59.5 Å². The Balaban J connectivity index is 1.30. The number of rotatable bonds is 6. The van der Waals surface area contributed by atoms with Gasteiger partial charge in [-0.2, -0.15) is 0 Å². The molecule has 1 aliphatic carbocycles. The maximum Gasteiger partial charge on any atom is 0.115 e. The Hall–Kier alpha value is -1.49. The second-order valence-electron chi connectivity index (χ2n) is 7.73. The number of aromatic hydroxyl groups is 1. The first kappa shape index (κ1) is 17.9. The number of phenolic OH excluding ortho intramolecular Hbond substituents is 1. The number of phenols is 1. The van der Waals surface area contributed by atoms with Gasteiger partial charge in [0.2, 0.25) is 0 Å². The summed E-state index contributed by atoms with van der Waals surface area (Å²) in [6, 6.07) is 18.0. The molecule has 0 amide bonds. The van der Waals surface area contributed by atoms with E-state index in [-0.39, 0.29) is 18.3 Å². The largest absolute Gasteiger partial charge is 0.508 e. The average Bonchev–Trinajstić information content (AvgIpc) is 3.19. The molecule has 0 bridgehead atoms. The minimum Gasteiger partial charge on any atom is -0.508 e. The zero-order valence-electron chi connectivity index (χ0n) is 15.0. The maximum atomic E-state index is 9.83. The summed E-state index contributed by atoms with van der Waals surface area (Å²) in [6.45, 7) is 3.38. The van der Waals surface area contributed by atoms with Crippen LogP contribution in [0.3, 0.4) is 0 Å². The quantitative estimate of drug-likeness (QED) is 0.809. The Bertz CT molecular complexity index is 692. The minimum atomic E-state index is 0.129. The highest BCUT2D eigenvalue weighted by atomic mass is 32.2. The molecular formula is C22H27NO2S. The second kappa shape index (κ2) is 8.03. The van der Waals surface area contributed by atoms with Crippen LogP contribution in [0, 0.1) is 11.8 Å². The molecule has 4 heteroatoms. The average molecular weight is 370 g/mol. The predicted molar refractivity (Wildman–Crippen MR) is 107 cm³/mol. The molecule has 2 aliphatic rings. The summed E-state index contributed by atoms with van der Waals surface area (Å²) < 4.78 is 0. The normalized spacial score (nSPS) is 26.7. The van der Waals surface area contributed by atoms with Crippen LogP contribution in [-0.4, -0.2) is 46.6 Å². The number of nitrogens with zero attached hydrogens (tertiary/aromatic N) is 1. The molecule has 2 fully saturated rings. The fourth-order valence-corrected chi connectivity index (χ4v) is 5.99. The lowest BCUT2D eigenvalue weighted by molar-refractivity contribution is 0.213. The van der Waals surface area contributed by atoms with Gasteiger partial charge in [-0.25, -0.2) is 0 Å². The van der Waals surface area contributed by atoms with Crippen LogP contribution < -0.4 is 0 Å². The van der Waals surface area contributed by atoms with Gasteiger partial charge in [0.15, 0.2) is 0 Å². The van der Waals surface area contributed by atoms with Crippen molar-refractivity contribution in [3.8, 4) is 5.75 Å². The highest BCUT2D eigenvalue weighted by Crippen LogP contribution is 2.45. The van der Waals surface area contributed by atoms with Crippen molar-refractivity contribution in [2.45, 2.75) is 28.9 Å². The van der Waals surface area contributed by atoms with Gasteiger partial charge in [-0.15, -0.1) is 11.8 Å². The molecule has 4 atom stereocenters. The molecule has 2 unspecified atom stereocenters. The number of aliphatic hydroxyl groups excluding tert-OH is 1. The maximum absolute atomic E-state index is 9.83. The predicted octanol–water partition coefficient (Wildman–Crippen LogP) is 3.97. The van der Waals surface area contributed by atoms with Gasteiger partial charge < -0.3 is 15.1 Å². The lowest BCUT2D eigenvalue weighted by Crippen LogP contribution is -2.29. The van der Waals surface area contributed by atoms with Crippen molar-refractivity contribution in [3.63, 3.8) is 0 Å². The van der Waals surface area contributed by atoms with E-state index in [1.165, 1.54) is 17.7 Å². The molecule has 3 nitrogen and oxygen atoms in total. The Kier molecular flexibility index (Phi) is 5.53. The fourth-order valence-electron chi connectivity index (χ4n) is 4.61. The molecule has 0 spiro atoms. The zero-order valence-corrected chi connectivity index (χ0v) is 15.8. The van der Waals surface area contributed by atoms with E-state index in [1.54, 1.807) is 12.1 Å². The van der Waals surface area contributed by atoms with Crippen LogP contribution >= 0.6 is 11.8 Å². The van der Waals surface area contributed by atoms with Crippen molar-refractivity contribution >= 4 is 11.8 Å². The van der Waals surface area contributed by atoms with Gasteiger partial charge in [-0.05, 0) is 54.5 Å². The first-order valence-corrected chi connectivity index (χ1v) is 10.4. The van der Waals surface area contributed by atoms with Gasteiger partial charge in [0, 0.05) is 35.7 Å². The summed E-state index contributed by atoms with van der Waals surface area (Å²) in [5.74, 6) is 2.01. The highest BCUT2D eigenvalue weighted by molar-refractivity contribution is 8.00. The summed E-state index contributed by atoms with van der Waals surface area (Å²) in [7, 11) is 0. The lowest BCUT2D eigenvalue weighted by atomic mass is 9.99. The Morgan fingerprint density at radius 1 is 0.962 bits per heavy atom. The molecule has 1 heterocycles. The minimum absolute atomic E-state index is 0.129. The Morgan fingerprint density at radius 2 is 1.62 bits per heavy atom. The number of hydrogen-bond acceptors (Lipinski definition) is 4. The number of hydrogen-bond donors (Lipinski definition) is 2. The van der Waals surface area contributed by atoms with Crippen LogP contribution in [-0.2, 0) is 0 Å². The number of fused-ring (bicyclic) bond motifs is 1. The smallest absolute Gasteiger partial charge is 0.115 e. The second-order valence-corrected chi connectivity index (χ2v) is 9.11.